The first-order valence-electron chi connectivity index (χ1n) is 6.06. The zero-order valence-corrected chi connectivity index (χ0v) is 11.1. The van der Waals surface area contributed by atoms with Crippen LogP contribution in [0.3, 0.4) is 0 Å². The molecule has 3 N–H and O–H groups in total. The summed E-state index contributed by atoms with van der Waals surface area (Å²) in [6, 6.07) is 0. The fourth-order valence-corrected chi connectivity index (χ4v) is 2.09. The zero-order chi connectivity index (χ0) is 13.2. The van der Waals surface area contributed by atoms with Crippen molar-refractivity contribution >= 4 is 11.8 Å². The lowest BCUT2D eigenvalue weighted by atomic mass is 9.95. The van der Waals surface area contributed by atoms with E-state index in [0.29, 0.717) is 12.5 Å². The van der Waals surface area contributed by atoms with E-state index >= 15 is 0 Å². The smallest absolute Gasteiger partial charge is 0.242 e. The molecule has 0 spiro atoms. The van der Waals surface area contributed by atoms with E-state index in [1.165, 1.54) is 0 Å². The Bertz CT molecular complexity index is 311. The normalized spacial score (nSPS) is 20.3. The highest BCUT2D eigenvalue weighted by molar-refractivity contribution is 5.87. The van der Waals surface area contributed by atoms with Gasteiger partial charge < -0.3 is 16.0 Å². The molecule has 2 atom stereocenters. The number of nitrogens with zero attached hydrogens (tertiary/aromatic N) is 1. The van der Waals surface area contributed by atoms with Gasteiger partial charge in [0.2, 0.25) is 11.8 Å². The Hall–Kier alpha value is -1.10. The predicted molar refractivity (Wildman–Crippen MR) is 66.2 cm³/mol. The first-order valence-corrected chi connectivity index (χ1v) is 6.06. The van der Waals surface area contributed by atoms with Gasteiger partial charge in [0.25, 0.3) is 0 Å². The molecule has 0 aromatic carbocycles. The minimum absolute atomic E-state index is 0.0604. The van der Waals surface area contributed by atoms with Crippen molar-refractivity contribution in [1.82, 2.24) is 10.2 Å². The van der Waals surface area contributed by atoms with E-state index in [2.05, 4.69) is 5.32 Å². The molecule has 0 aromatic heterocycles. The van der Waals surface area contributed by atoms with E-state index < -0.39 is 5.54 Å². The van der Waals surface area contributed by atoms with Crippen LogP contribution in [0.15, 0.2) is 0 Å². The second-order valence-electron chi connectivity index (χ2n) is 5.26. The van der Waals surface area contributed by atoms with Crippen molar-refractivity contribution in [2.75, 3.05) is 20.6 Å². The SMILES string of the molecule is CNC(=O)C(C)CN(C)C(=O)C(C)(N)C1CC1. The Kier molecular flexibility index (Phi) is 4.14. The molecule has 0 aliphatic heterocycles. The Balaban J connectivity index is 2.55. The minimum Gasteiger partial charge on any atom is -0.359 e. The van der Waals surface area contributed by atoms with Crippen LogP contribution in [0.25, 0.3) is 0 Å². The van der Waals surface area contributed by atoms with Crippen LogP contribution in [-0.2, 0) is 9.59 Å². The maximum Gasteiger partial charge on any atom is 0.242 e. The summed E-state index contributed by atoms with van der Waals surface area (Å²) in [5.74, 6) is -0.0535. The van der Waals surface area contributed by atoms with Crippen molar-refractivity contribution in [3.05, 3.63) is 0 Å². The van der Waals surface area contributed by atoms with Gasteiger partial charge in [0.05, 0.1) is 11.5 Å². The van der Waals surface area contributed by atoms with E-state index in [0.717, 1.165) is 12.8 Å². The van der Waals surface area contributed by atoms with Gasteiger partial charge in [-0.25, -0.2) is 0 Å². The molecule has 1 fully saturated rings. The van der Waals surface area contributed by atoms with Crippen LogP contribution in [-0.4, -0.2) is 42.9 Å². The molecule has 17 heavy (non-hydrogen) atoms. The number of rotatable bonds is 5. The second kappa shape index (κ2) is 5.04. The van der Waals surface area contributed by atoms with Crippen LogP contribution >= 0.6 is 0 Å². The second-order valence-corrected chi connectivity index (χ2v) is 5.26. The molecule has 0 radical (unpaired) electrons. The Morgan fingerprint density at radius 3 is 2.47 bits per heavy atom. The van der Waals surface area contributed by atoms with Gasteiger partial charge in [0, 0.05) is 20.6 Å². The van der Waals surface area contributed by atoms with Crippen molar-refractivity contribution in [2.24, 2.45) is 17.6 Å². The van der Waals surface area contributed by atoms with Crippen LogP contribution in [0.2, 0.25) is 0 Å². The van der Waals surface area contributed by atoms with Crippen molar-refractivity contribution in [3.63, 3.8) is 0 Å². The third-order valence-corrected chi connectivity index (χ3v) is 3.47. The molecule has 0 aromatic rings. The molecule has 98 valence electrons. The Morgan fingerprint density at radius 2 is 2.06 bits per heavy atom. The highest BCUT2D eigenvalue weighted by Crippen LogP contribution is 2.38. The first kappa shape index (κ1) is 14.0. The molecule has 1 rings (SSSR count). The number of nitrogens with one attached hydrogen (secondary N) is 1. The maximum atomic E-state index is 12.2. The van der Waals surface area contributed by atoms with Crippen LogP contribution < -0.4 is 11.1 Å². The molecule has 0 bridgehead atoms. The zero-order valence-electron chi connectivity index (χ0n) is 11.1. The summed E-state index contributed by atoms with van der Waals surface area (Å²) < 4.78 is 0. The first-order chi connectivity index (χ1) is 7.80. The van der Waals surface area contributed by atoms with E-state index in [4.69, 9.17) is 5.73 Å². The molecular formula is C12H23N3O2. The van der Waals surface area contributed by atoms with Crippen molar-refractivity contribution in [2.45, 2.75) is 32.2 Å². The van der Waals surface area contributed by atoms with E-state index in [-0.39, 0.29) is 17.7 Å². The highest BCUT2D eigenvalue weighted by Gasteiger charge is 2.45. The van der Waals surface area contributed by atoms with Crippen molar-refractivity contribution in [3.8, 4) is 0 Å². The number of nitrogens with two attached hydrogens (primary N) is 1. The Morgan fingerprint density at radius 1 is 1.53 bits per heavy atom. The fourth-order valence-electron chi connectivity index (χ4n) is 2.09. The summed E-state index contributed by atoms with van der Waals surface area (Å²) in [4.78, 5) is 25.1. The highest BCUT2D eigenvalue weighted by atomic mass is 16.2. The maximum absolute atomic E-state index is 12.2. The fraction of sp³-hybridized carbons (Fsp3) is 0.833. The lowest BCUT2D eigenvalue weighted by molar-refractivity contribution is -0.137. The number of hydrogen-bond acceptors (Lipinski definition) is 3. The summed E-state index contributed by atoms with van der Waals surface area (Å²) in [6.45, 7) is 3.99. The molecule has 5 heteroatoms. The molecular weight excluding hydrogens is 218 g/mol. The molecule has 2 amide bonds. The van der Waals surface area contributed by atoms with Gasteiger partial charge in [-0.05, 0) is 25.7 Å². The molecule has 1 aliphatic rings. The third kappa shape index (κ3) is 3.19. The molecule has 2 unspecified atom stereocenters. The summed E-state index contributed by atoms with van der Waals surface area (Å²) >= 11 is 0. The number of carbonyl (C=O) groups excluding carboxylic acids is 2. The molecule has 1 saturated carbocycles. The average Bonchev–Trinajstić information content (AvgIpc) is 3.10. The van der Waals surface area contributed by atoms with Gasteiger partial charge in [-0.2, -0.15) is 0 Å². The van der Waals surface area contributed by atoms with Crippen molar-refractivity contribution in [1.29, 1.82) is 0 Å². The van der Waals surface area contributed by atoms with Gasteiger partial charge in [-0.1, -0.05) is 6.92 Å². The lowest BCUT2D eigenvalue weighted by Crippen LogP contribution is -2.55. The van der Waals surface area contributed by atoms with Gasteiger partial charge >= 0.3 is 0 Å². The summed E-state index contributed by atoms with van der Waals surface area (Å²) in [5.41, 5.74) is 5.28. The summed E-state index contributed by atoms with van der Waals surface area (Å²) in [6.07, 6.45) is 2.05. The molecule has 5 nitrogen and oxygen atoms in total. The average molecular weight is 241 g/mol. The predicted octanol–water partition coefficient (Wildman–Crippen LogP) is -0.0457. The minimum atomic E-state index is -0.781. The number of hydrogen-bond donors (Lipinski definition) is 2. The molecule has 0 heterocycles. The lowest BCUT2D eigenvalue weighted by Gasteiger charge is -2.30. The van der Waals surface area contributed by atoms with E-state index in [1.54, 1.807) is 32.8 Å². The van der Waals surface area contributed by atoms with Gasteiger partial charge in [-0.15, -0.1) is 0 Å². The van der Waals surface area contributed by atoms with Crippen molar-refractivity contribution < 1.29 is 9.59 Å². The monoisotopic (exact) mass is 241 g/mol. The quantitative estimate of drug-likeness (QED) is 0.709. The number of amides is 2. The van der Waals surface area contributed by atoms with Gasteiger partial charge in [0.1, 0.15) is 0 Å². The van der Waals surface area contributed by atoms with Crippen LogP contribution in [0.5, 0.6) is 0 Å². The summed E-state index contributed by atoms with van der Waals surface area (Å²) in [5, 5.41) is 2.57. The topological polar surface area (TPSA) is 75.4 Å². The molecule has 1 aliphatic carbocycles. The van der Waals surface area contributed by atoms with E-state index in [1.807, 2.05) is 0 Å². The van der Waals surface area contributed by atoms with Crippen LogP contribution in [0, 0.1) is 11.8 Å². The van der Waals surface area contributed by atoms with Crippen LogP contribution in [0.4, 0.5) is 0 Å². The van der Waals surface area contributed by atoms with E-state index in [9.17, 15) is 9.59 Å². The Labute approximate surface area is 103 Å². The van der Waals surface area contributed by atoms with Gasteiger partial charge in [0.15, 0.2) is 0 Å². The molecule has 0 saturated heterocycles. The number of carbonyl (C=O) groups is 2. The standard InChI is InChI=1S/C12H23N3O2/c1-8(10(16)14-3)7-15(4)11(17)12(2,13)9-5-6-9/h8-9H,5-7,13H2,1-4H3,(H,14,16). The third-order valence-electron chi connectivity index (χ3n) is 3.47. The van der Waals surface area contributed by atoms with Gasteiger partial charge in [-0.3, -0.25) is 9.59 Å². The largest absolute Gasteiger partial charge is 0.359 e. The number of likely N-dealkylation sites (N-methyl/N-ethyl adjacent to an activating group) is 1. The van der Waals surface area contributed by atoms with Crippen LogP contribution in [0.1, 0.15) is 26.7 Å². The summed E-state index contributed by atoms with van der Waals surface area (Å²) in [7, 11) is 3.30.